The number of hydrogen-bond acceptors (Lipinski definition) is 5. The molecule has 218 valence electrons. The number of nitrogens with one attached hydrogen (secondary N) is 1. The molecule has 0 radical (unpaired) electrons. The predicted molar refractivity (Wildman–Crippen MR) is 164 cm³/mol. The van der Waals surface area contributed by atoms with E-state index >= 15 is 0 Å². The van der Waals surface area contributed by atoms with Crippen LogP contribution >= 0.6 is 23.2 Å². The Hall–Kier alpha value is -4.20. The van der Waals surface area contributed by atoms with Crippen LogP contribution in [0.15, 0.2) is 97.1 Å². The number of carbonyl (C=O) groups excluding carboxylic acids is 2. The van der Waals surface area contributed by atoms with Crippen LogP contribution in [0.1, 0.15) is 22.7 Å². The zero-order valence-corrected chi connectivity index (χ0v) is 24.9. The molecule has 9 heteroatoms. The number of benzene rings is 4. The van der Waals surface area contributed by atoms with Crippen molar-refractivity contribution in [3.05, 3.63) is 124 Å². The van der Waals surface area contributed by atoms with Crippen LogP contribution in [0.3, 0.4) is 0 Å². The first-order chi connectivity index (χ1) is 20.4. The summed E-state index contributed by atoms with van der Waals surface area (Å²) in [7, 11) is 3.16. The van der Waals surface area contributed by atoms with E-state index in [0.29, 0.717) is 45.8 Å². The summed E-state index contributed by atoms with van der Waals surface area (Å²) in [6.45, 7) is 0.195. The number of hydrogen-bond donors (Lipinski definition) is 1. The molecule has 0 fully saturated rings. The van der Waals surface area contributed by atoms with Gasteiger partial charge < -0.3 is 24.4 Å². The molecule has 7 nitrogen and oxygen atoms in total. The highest BCUT2D eigenvalue weighted by molar-refractivity contribution is 6.32. The molecular formula is C33H32Cl2N2O5. The molecule has 0 heterocycles. The van der Waals surface area contributed by atoms with Crippen LogP contribution < -0.4 is 19.5 Å². The monoisotopic (exact) mass is 606 g/mol. The van der Waals surface area contributed by atoms with Crippen LogP contribution in [-0.4, -0.2) is 44.1 Å². The number of ether oxygens (including phenoxy) is 3. The molecule has 4 aromatic rings. The molecule has 0 unspecified atom stereocenters. The molecule has 4 aromatic carbocycles. The fourth-order valence-corrected chi connectivity index (χ4v) is 4.78. The maximum Gasteiger partial charge on any atom is 0.261 e. The minimum Gasteiger partial charge on any atom is -0.493 e. The molecule has 0 aliphatic rings. The largest absolute Gasteiger partial charge is 0.493 e. The molecule has 2 amide bonds. The molecule has 42 heavy (non-hydrogen) atoms. The lowest BCUT2D eigenvalue weighted by molar-refractivity contribution is -0.143. The van der Waals surface area contributed by atoms with Gasteiger partial charge in [-0.1, -0.05) is 83.9 Å². The number of halogens is 2. The van der Waals surface area contributed by atoms with Crippen molar-refractivity contribution in [1.29, 1.82) is 0 Å². The van der Waals surface area contributed by atoms with Crippen molar-refractivity contribution < 1.29 is 23.8 Å². The van der Waals surface area contributed by atoms with E-state index in [2.05, 4.69) is 5.32 Å². The molecule has 0 spiro atoms. The Balaban J connectivity index is 1.58. The van der Waals surface area contributed by atoms with E-state index in [-0.39, 0.29) is 25.0 Å². The first-order valence-corrected chi connectivity index (χ1v) is 14.1. The van der Waals surface area contributed by atoms with Gasteiger partial charge in [0.15, 0.2) is 18.1 Å². The van der Waals surface area contributed by atoms with Gasteiger partial charge in [0.2, 0.25) is 5.91 Å². The third-order valence-electron chi connectivity index (χ3n) is 6.61. The van der Waals surface area contributed by atoms with Gasteiger partial charge in [-0.15, -0.1) is 0 Å². The quantitative estimate of drug-likeness (QED) is 0.187. The van der Waals surface area contributed by atoms with Gasteiger partial charge in [0.1, 0.15) is 11.8 Å². The zero-order valence-electron chi connectivity index (χ0n) is 23.4. The topological polar surface area (TPSA) is 77.1 Å². The summed E-state index contributed by atoms with van der Waals surface area (Å²) in [4.78, 5) is 29.1. The number of nitrogens with zero attached hydrogens (tertiary/aromatic N) is 1. The number of carbonyl (C=O) groups is 2. The Morgan fingerprint density at radius 2 is 1.45 bits per heavy atom. The van der Waals surface area contributed by atoms with Crippen molar-refractivity contribution in [2.45, 2.75) is 19.0 Å². The summed E-state index contributed by atoms with van der Waals surface area (Å²) in [5, 5.41) is 3.99. The van der Waals surface area contributed by atoms with Crippen molar-refractivity contribution in [1.82, 2.24) is 10.2 Å². The normalized spacial score (nSPS) is 11.3. The van der Waals surface area contributed by atoms with Gasteiger partial charge >= 0.3 is 0 Å². The van der Waals surface area contributed by atoms with Gasteiger partial charge in [-0.25, -0.2) is 0 Å². The fraction of sp³-hybridized carbons (Fsp3) is 0.212. The fourth-order valence-electron chi connectivity index (χ4n) is 4.47. The van der Waals surface area contributed by atoms with Gasteiger partial charge in [-0.05, 0) is 59.5 Å². The third kappa shape index (κ3) is 8.18. The van der Waals surface area contributed by atoms with E-state index in [0.717, 1.165) is 11.1 Å². The van der Waals surface area contributed by atoms with Crippen LogP contribution in [0, 0.1) is 0 Å². The zero-order chi connectivity index (χ0) is 29.9. The van der Waals surface area contributed by atoms with Crippen LogP contribution in [0.25, 0.3) is 0 Å². The van der Waals surface area contributed by atoms with Crippen molar-refractivity contribution >= 4 is 35.0 Å². The summed E-state index contributed by atoms with van der Waals surface area (Å²) in [5.41, 5.74) is 2.44. The molecule has 0 aliphatic carbocycles. The summed E-state index contributed by atoms with van der Waals surface area (Å²) >= 11 is 12.3. The minimum atomic E-state index is -0.922. The van der Waals surface area contributed by atoms with E-state index in [4.69, 9.17) is 37.4 Å². The van der Waals surface area contributed by atoms with Crippen molar-refractivity contribution in [2.24, 2.45) is 0 Å². The number of methoxy groups -OCH3 is 2. The Morgan fingerprint density at radius 3 is 2.14 bits per heavy atom. The summed E-state index contributed by atoms with van der Waals surface area (Å²) < 4.78 is 16.5. The predicted octanol–water partition coefficient (Wildman–Crippen LogP) is 6.52. The number of rotatable bonds is 13. The molecule has 1 atom stereocenters. The lowest BCUT2D eigenvalue weighted by Crippen LogP contribution is -2.45. The highest BCUT2D eigenvalue weighted by Crippen LogP contribution is 2.29. The average molecular weight is 608 g/mol. The van der Waals surface area contributed by atoms with E-state index in [9.17, 15) is 9.59 Å². The van der Waals surface area contributed by atoms with Gasteiger partial charge in [0.05, 0.1) is 19.2 Å². The second-order valence-electron chi connectivity index (χ2n) is 9.41. The van der Waals surface area contributed by atoms with Gasteiger partial charge in [-0.3, -0.25) is 9.59 Å². The summed E-state index contributed by atoms with van der Waals surface area (Å²) in [6, 6.07) is 28.0. The second-order valence-corrected chi connectivity index (χ2v) is 10.3. The van der Waals surface area contributed by atoms with E-state index < -0.39 is 6.04 Å². The van der Waals surface area contributed by atoms with Crippen LogP contribution in [0.2, 0.25) is 10.0 Å². The van der Waals surface area contributed by atoms with E-state index in [1.807, 2.05) is 60.7 Å². The average Bonchev–Trinajstić information content (AvgIpc) is 3.01. The van der Waals surface area contributed by atoms with Crippen molar-refractivity contribution in [2.75, 3.05) is 27.4 Å². The molecule has 0 bridgehead atoms. The van der Waals surface area contributed by atoms with Gasteiger partial charge in [0.25, 0.3) is 5.91 Å². The molecule has 0 saturated carbocycles. The van der Waals surface area contributed by atoms with E-state index in [1.165, 1.54) is 4.90 Å². The summed E-state index contributed by atoms with van der Waals surface area (Å²) in [5.74, 6) is 0.927. The van der Waals surface area contributed by atoms with E-state index in [1.54, 1.807) is 50.6 Å². The second kappa shape index (κ2) is 15.1. The molecule has 0 aliphatic heterocycles. The van der Waals surface area contributed by atoms with Crippen molar-refractivity contribution in [3.8, 4) is 17.2 Å². The Morgan fingerprint density at radius 1 is 0.786 bits per heavy atom. The van der Waals surface area contributed by atoms with Gasteiger partial charge in [0, 0.05) is 18.1 Å². The van der Waals surface area contributed by atoms with Crippen LogP contribution in [0.4, 0.5) is 0 Å². The minimum absolute atomic E-state index is 0.157. The lowest BCUT2D eigenvalue weighted by Gasteiger charge is -2.31. The Kier molecular flexibility index (Phi) is 11.1. The van der Waals surface area contributed by atoms with Gasteiger partial charge in [-0.2, -0.15) is 0 Å². The molecule has 4 rings (SSSR count). The standard InChI is InChI=1S/C33H32Cl2N2O5/c1-40-29-17-14-23(20-30(29)41-2)18-19-36-33(39)32(25-8-4-3-5-9-25)37(21-24-12-15-26(34)16-13-24)31(38)22-42-28-11-7-6-10-27(28)35/h3-17,20,32H,18-19,21-22H2,1-2H3,(H,36,39)/t32-/m0/s1. The lowest BCUT2D eigenvalue weighted by atomic mass is 10.0. The maximum atomic E-state index is 13.8. The Labute approximate surface area is 255 Å². The SMILES string of the molecule is COc1ccc(CCNC(=O)[C@H](c2ccccc2)N(Cc2ccc(Cl)cc2)C(=O)COc2ccccc2Cl)cc1OC. The molecule has 0 saturated heterocycles. The van der Waals surface area contributed by atoms with Crippen LogP contribution in [0.5, 0.6) is 17.2 Å². The van der Waals surface area contributed by atoms with Crippen molar-refractivity contribution in [3.63, 3.8) is 0 Å². The molecule has 1 N–H and O–H groups in total. The molecule has 0 aromatic heterocycles. The Bertz CT molecular complexity index is 1480. The number of amides is 2. The number of para-hydroxylation sites is 1. The highest BCUT2D eigenvalue weighted by Gasteiger charge is 2.32. The first-order valence-electron chi connectivity index (χ1n) is 13.3. The van der Waals surface area contributed by atoms with Crippen LogP contribution in [-0.2, 0) is 22.6 Å². The smallest absolute Gasteiger partial charge is 0.261 e. The first kappa shape index (κ1) is 30.8. The third-order valence-corrected chi connectivity index (χ3v) is 7.17. The molecular weight excluding hydrogens is 575 g/mol. The highest BCUT2D eigenvalue weighted by atomic mass is 35.5. The maximum absolute atomic E-state index is 13.8. The summed E-state index contributed by atoms with van der Waals surface area (Å²) in [6.07, 6.45) is 0.550.